The van der Waals surface area contributed by atoms with Gasteiger partial charge < -0.3 is 0 Å². The maximum atomic E-state index is 6.10. The lowest BCUT2D eigenvalue weighted by molar-refractivity contribution is 1.19. The van der Waals surface area contributed by atoms with Gasteiger partial charge in [0, 0.05) is 5.02 Å². The van der Waals surface area contributed by atoms with Crippen molar-refractivity contribution in [3.8, 4) is 0 Å². The molecule has 3 aromatic rings. The van der Waals surface area contributed by atoms with Crippen LogP contribution >= 0.6 is 27.5 Å². The van der Waals surface area contributed by atoms with Crippen LogP contribution in [0.15, 0.2) is 60.7 Å². The summed E-state index contributed by atoms with van der Waals surface area (Å²) in [5, 5.41) is 3.36. The molecule has 0 radical (unpaired) electrons. The van der Waals surface area contributed by atoms with E-state index in [1.807, 2.05) is 18.2 Å². The molecule has 0 saturated carbocycles. The van der Waals surface area contributed by atoms with Gasteiger partial charge in [-0.25, -0.2) is 0 Å². The molecule has 0 aliphatic carbocycles. The van der Waals surface area contributed by atoms with Crippen molar-refractivity contribution in [1.29, 1.82) is 0 Å². The quantitative estimate of drug-likeness (QED) is 0.479. The smallest absolute Gasteiger partial charge is 0.0651 e. The molecule has 0 spiro atoms. The SMILES string of the molecule is Cc1ccc(C(Br)c2cccc(Cl)c2)c2ccccc12. The first-order chi connectivity index (χ1) is 9.66. The maximum absolute atomic E-state index is 6.10. The van der Waals surface area contributed by atoms with Gasteiger partial charge in [0.2, 0.25) is 0 Å². The van der Waals surface area contributed by atoms with Gasteiger partial charge in [0.1, 0.15) is 0 Å². The van der Waals surface area contributed by atoms with Gasteiger partial charge in [-0.3, -0.25) is 0 Å². The summed E-state index contributed by atoms with van der Waals surface area (Å²) >= 11 is 9.91. The van der Waals surface area contributed by atoms with Gasteiger partial charge in [-0.1, -0.05) is 76.1 Å². The van der Waals surface area contributed by atoms with Gasteiger partial charge in [0.15, 0.2) is 0 Å². The number of hydrogen-bond donors (Lipinski definition) is 0. The van der Waals surface area contributed by atoms with E-state index >= 15 is 0 Å². The third-order valence-corrected chi connectivity index (χ3v) is 4.85. The van der Waals surface area contributed by atoms with Crippen LogP contribution in [0.1, 0.15) is 21.5 Å². The van der Waals surface area contributed by atoms with E-state index in [0.717, 1.165) is 5.02 Å². The van der Waals surface area contributed by atoms with Gasteiger partial charge in [-0.2, -0.15) is 0 Å². The van der Waals surface area contributed by atoms with E-state index < -0.39 is 0 Å². The van der Waals surface area contributed by atoms with Crippen LogP contribution in [0.25, 0.3) is 10.8 Å². The molecule has 1 unspecified atom stereocenters. The van der Waals surface area contributed by atoms with Gasteiger partial charge in [-0.15, -0.1) is 0 Å². The van der Waals surface area contributed by atoms with Crippen LogP contribution < -0.4 is 0 Å². The second-order valence-corrected chi connectivity index (χ2v) is 6.29. The molecule has 0 amide bonds. The number of alkyl halides is 1. The topological polar surface area (TPSA) is 0 Å². The Bertz CT molecular complexity index is 764. The number of fused-ring (bicyclic) bond motifs is 1. The average molecular weight is 346 g/mol. The molecular weight excluding hydrogens is 332 g/mol. The number of halogens is 2. The number of benzene rings is 3. The molecule has 100 valence electrons. The summed E-state index contributed by atoms with van der Waals surface area (Å²) in [5.41, 5.74) is 3.75. The number of hydrogen-bond acceptors (Lipinski definition) is 0. The Morgan fingerprint density at radius 2 is 1.65 bits per heavy atom. The zero-order valence-electron chi connectivity index (χ0n) is 11.1. The van der Waals surface area contributed by atoms with Crippen molar-refractivity contribution in [2.75, 3.05) is 0 Å². The van der Waals surface area contributed by atoms with Gasteiger partial charge in [0.25, 0.3) is 0 Å². The van der Waals surface area contributed by atoms with Crippen molar-refractivity contribution in [2.24, 2.45) is 0 Å². The van der Waals surface area contributed by atoms with E-state index in [0.29, 0.717) is 0 Å². The Morgan fingerprint density at radius 1 is 0.900 bits per heavy atom. The molecule has 1 atom stereocenters. The summed E-state index contributed by atoms with van der Waals surface area (Å²) in [5.74, 6) is 0. The molecule has 0 bridgehead atoms. The van der Waals surface area contributed by atoms with Gasteiger partial charge in [-0.05, 0) is 46.5 Å². The van der Waals surface area contributed by atoms with Gasteiger partial charge in [0.05, 0.1) is 4.83 Å². The zero-order chi connectivity index (χ0) is 14.1. The molecule has 3 rings (SSSR count). The minimum atomic E-state index is 0.145. The van der Waals surface area contributed by atoms with Crippen LogP contribution in [-0.2, 0) is 0 Å². The number of rotatable bonds is 2. The second kappa shape index (κ2) is 5.59. The predicted octanol–water partition coefficient (Wildman–Crippen LogP) is 6.29. The van der Waals surface area contributed by atoms with Crippen LogP contribution in [0.4, 0.5) is 0 Å². The molecule has 0 N–H and O–H groups in total. The monoisotopic (exact) mass is 344 g/mol. The lowest BCUT2D eigenvalue weighted by Gasteiger charge is -2.15. The Hall–Kier alpha value is -1.31. The average Bonchev–Trinajstić information content (AvgIpc) is 2.47. The van der Waals surface area contributed by atoms with Crippen LogP contribution in [0.5, 0.6) is 0 Å². The molecule has 3 aromatic carbocycles. The first-order valence-electron chi connectivity index (χ1n) is 6.54. The van der Waals surface area contributed by atoms with E-state index in [-0.39, 0.29) is 4.83 Å². The highest BCUT2D eigenvalue weighted by atomic mass is 79.9. The standard InChI is InChI=1S/C18H14BrCl/c1-12-9-10-17(16-8-3-2-7-15(12)16)18(19)13-5-4-6-14(20)11-13/h2-11,18H,1H3. The molecule has 0 fully saturated rings. The molecule has 0 heterocycles. The first kappa shape index (κ1) is 13.7. The third kappa shape index (κ3) is 2.48. The molecule has 20 heavy (non-hydrogen) atoms. The number of aryl methyl sites for hydroxylation is 1. The molecule has 0 aliphatic heterocycles. The van der Waals surface area contributed by atoms with E-state index in [4.69, 9.17) is 11.6 Å². The normalized spacial score (nSPS) is 12.6. The zero-order valence-corrected chi connectivity index (χ0v) is 13.4. The molecule has 0 saturated heterocycles. The molecule has 2 heteroatoms. The van der Waals surface area contributed by atoms with E-state index in [2.05, 4.69) is 65.3 Å². The Labute approximate surface area is 132 Å². The third-order valence-electron chi connectivity index (χ3n) is 3.59. The minimum Gasteiger partial charge on any atom is -0.0843 e. The van der Waals surface area contributed by atoms with Crippen molar-refractivity contribution in [1.82, 2.24) is 0 Å². The Balaban J connectivity index is 2.17. The Morgan fingerprint density at radius 3 is 2.40 bits per heavy atom. The van der Waals surface area contributed by atoms with Crippen molar-refractivity contribution >= 4 is 38.3 Å². The summed E-state index contributed by atoms with van der Waals surface area (Å²) in [6.45, 7) is 2.15. The summed E-state index contributed by atoms with van der Waals surface area (Å²) in [6.07, 6.45) is 0. The molecule has 0 aliphatic rings. The summed E-state index contributed by atoms with van der Waals surface area (Å²) < 4.78 is 0. The van der Waals surface area contributed by atoms with Crippen molar-refractivity contribution in [3.05, 3.63) is 82.4 Å². The highest BCUT2D eigenvalue weighted by Crippen LogP contribution is 2.36. The van der Waals surface area contributed by atoms with Gasteiger partial charge >= 0.3 is 0 Å². The fourth-order valence-corrected chi connectivity index (χ4v) is 3.42. The van der Waals surface area contributed by atoms with E-state index in [1.54, 1.807) is 0 Å². The summed E-state index contributed by atoms with van der Waals surface area (Å²) in [7, 11) is 0. The predicted molar refractivity (Wildman–Crippen MR) is 90.9 cm³/mol. The Kier molecular flexibility index (Phi) is 3.82. The molecule has 0 aromatic heterocycles. The first-order valence-corrected chi connectivity index (χ1v) is 7.84. The van der Waals surface area contributed by atoms with Crippen molar-refractivity contribution in [3.63, 3.8) is 0 Å². The fourth-order valence-electron chi connectivity index (χ4n) is 2.54. The lowest BCUT2D eigenvalue weighted by atomic mass is 9.96. The largest absolute Gasteiger partial charge is 0.0843 e. The van der Waals surface area contributed by atoms with Crippen LogP contribution in [0.2, 0.25) is 5.02 Å². The molecular formula is C18H14BrCl. The second-order valence-electron chi connectivity index (χ2n) is 4.93. The van der Waals surface area contributed by atoms with E-state index in [9.17, 15) is 0 Å². The minimum absolute atomic E-state index is 0.145. The highest BCUT2D eigenvalue weighted by Gasteiger charge is 2.14. The lowest BCUT2D eigenvalue weighted by Crippen LogP contribution is -1.95. The summed E-state index contributed by atoms with van der Waals surface area (Å²) in [6, 6.07) is 20.9. The van der Waals surface area contributed by atoms with E-state index in [1.165, 1.54) is 27.5 Å². The summed E-state index contributed by atoms with van der Waals surface area (Å²) in [4.78, 5) is 0.145. The maximum Gasteiger partial charge on any atom is 0.0651 e. The van der Waals surface area contributed by atoms with Crippen LogP contribution in [0, 0.1) is 6.92 Å². The van der Waals surface area contributed by atoms with Crippen LogP contribution in [0.3, 0.4) is 0 Å². The fraction of sp³-hybridized carbons (Fsp3) is 0.111. The van der Waals surface area contributed by atoms with Crippen molar-refractivity contribution in [2.45, 2.75) is 11.8 Å². The van der Waals surface area contributed by atoms with Crippen LogP contribution in [-0.4, -0.2) is 0 Å². The van der Waals surface area contributed by atoms with Crippen molar-refractivity contribution < 1.29 is 0 Å². The highest BCUT2D eigenvalue weighted by molar-refractivity contribution is 9.09. The molecule has 0 nitrogen and oxygen atoms in total.